The van der Waals surface area contributed by atoms with Gasteiger partial charge in [-0.2, -0.15) is 0 Å². The van der Waals surface area contributed by atoms with Crippen LogP contribution >= 0.6 is 34.7 Å². The summed E-state index contributed by atoms with van der Waals surface area (Å²) in [5.41, 5.74) is 0.0234. The maximum Gasteiger partial charge on any atom is 0.258 e. The van der Waals surface area contributed by atoms with E-state index >= 15 is 0 Å². The van der Waals surface area contributed by atoms with Gasteiger partial charge in [0.1, 0.15) is 4.84 Å². The normalized spacial score (nSPS) is 11.2. The van der Waals surface area contributed by atoms with Gasteiger partial charge >= 0.3 is 0 Å². The number of hydrogen-bond donors (Lipinski definition) is 1. The molecule has 0 amide bonds. The lowest BCUT2D eigenvalue weighted by atomic mass is 10.1. The molecule has 1 aromatic heterocycles. The van der Waals surface area contributed by atoms with Crippen LogP contribution in [0.5, 0.6) is 0 Å². The molecular formula is C11H17Cl2NOS. The van der Waals surface area contributed by atoms with Crippen LogP contribution in [0.4, 0.5) is 0 Å². The summed E-state index contributed by atoms with van der Waals surface area (Å²) >= 11 is 12.7. The Morgan fingerprint density at radius 3 is 2.50 bits per heavy atom. The Bertz CT molecular complexity index is 335. The maximum atomic E-state index is 10.9. The molecule has 0 atom stereocenters. The topological polar surface area (TPSA) is 32.9 Å². The van der Waals surface area contributed by atoms with Crippen molar-refractivity contribution in [3.05, 3.63) is 21.3 Å². The molecule has 16 heavy (non-hydrogen) atoms. The molecule has 0 spiro atoms. The summed E-state index contributed by atoms with van der Waals surface area (Å²) < 4.78 is 2.70. The number of aryl methyl sites for hydroxylation is 1. The Kier molecular flexibility index (Phi) is 7.17. The number of aromatic amines is 1. The summed E-state index contributed by atoms with van der Waals surface area (Å²) in [4.78, 5) is 11.8. The van der Waals surface area contributed by atoms with Gasteiger partial charge in [0.15, 0.2) is 0 Å². The van der Waals surface area contributed by atoms with Gasteiger partial charge in [-0.1, -0.05) is 37.2 Å². The van der Waals surface area contributed by atoms with Crippen LogP contribution in [0.25, 0.3) is 0 Å². The monoisotopic (exact) mass is 281 g/mol. The van der Waals surface area contributed by atoms with Crippen LogP contribution in [0, 0.1) is 0 Å². The van der Waals surface area contributed by atoms with Gasteiger partial charge in [-0.3, -0.25) is 9.17 Å². The van der Waals surface area contributed by atoms with Crippen molar-refractivity contribution in [3.8, 4) is 0 Å². The van der Waals surface area contributed by atoms with E-state index < -0.39 is 0 Å². The highest BCUT2D eigenvalue weighted by Crippen LogP contribution is 2.14. The minimum Gasteiger partial charge on any atom is -0.278 e. The smallest absolute Gasteiger partial charge is 0.258 e. The van der Waals surface area contributed by atoms with Crippen molar-refractivity contribution < 1.29 is 0 Å². The van der Waals surface area contributed by atoms with Crippen LogP contribution in [0.15, 0.2) is 10.9 Å². The zero-order valence-corrected chi connectivity index (χ0v) is 11.5. The van der Waals surface area contributed by atoms with Crippen LogP contribution in [0.1, 0.15) is 43.4 Å². The summed E-state index contributed by atoms with van der Waals surface area (Å²) in [6, 6.07) is 1.69. The minimum atomic E-state index is -0.211. The lowest BCUT2D eigenvalue weighted by Gasteiger charge is -2.01. The lowest BCUT2D eigenvalue weighted by Crippen LogP contribution is -1.92. The number of unbranched alkanes of at least 4 members (excludes halogenated alkanes) is 4. The van der Waals surface area contributed by atoms with E-state index in [1.165, 1.54) is 30.8 Å². The molecule has 0 unspecified atom stereocenters. The molecular weight excluding hydrogens is 265 g/mol. The van der Waals surface area contributed by atoms with E-state index in [2.05, 4.69) is 4.37 Å². The Hall–Kier alpha value is 0.01000. The van der Waals surface area contributed by atoms with E-state index in [0.29, 0.717) is 0 Å². The number of H-pyrrole nitrogens is 1. The van der Waals surface area contributed by atoms with Gasteiger partial charge in [-0.25, -0.2) is 0 Å². The molecule has 1 aromatic rings. The van der Waals surface area contributed by atoms with Gasteiger partial charge < -0.3 is 0 Å². The van der Waals surface area contributed by atoms with Crippen LogP contribution in [-0.2, 0) is 6.42 Å². The molecule has 1 rings (SSSR count). The summed E-state index contributed by atoms with van der Waals surface area (Å²) in [5.74, 6) is 0. The number of aromatic nitrogens is 1. The van der Waals surface area contributed by atoms with E-state index in [9.17, 15) is 4.79 Å². The standard InChI is InChI=1S/C11H17Cl2NOS/c12-10(13)7-5-3-1-2-4-6-9-8-11(15)14-16-9/h8,10H,1-7H2,(H,14,15). The van der Waals surface area contributed by atoms with Crippen molar-refractivity contribution in [2.75, 3.05) is 0 Å². The summed E-state index contributed by atoms with van der Waals surface area (Å²) in [5, 5.41) is 0. The minimum absolute atomic E-state index is 0.0234. The fourth-order valence-electron chi connectivity index (χ4n) is 1.57. The molecule has 0 fully saturated rings. The number of rotatable bonds is 8. The fraction of sp³-hybridized carbons (Fsp3) is 0.727. The first-order chi connectivity index (χ1) is 7.68. The van der Waals surface area contributed by atoms with Gasteiger partial charge in [0, 0.05) is 10.9 Å². The first-order valence-electron chi connectivity index (χ1n) is 5.64. The van der Waals surface area contributed by atoms with E-state index in [0.717, 1.165) is 30.6 Å². The van der Waals surface area contributed by atoms with Crippen molar-refractivity contribution in [3.63, 3.8) is 0 Å². The second-order valence-electron chi connectivity index (χ2n) is 3.88. The van der Waals surface area contributed by atoms with Gasteiger partial charge in [0.25, 0.3) is 5.56 Å². The summed E-state index contributed by atoms with van der Waals surface area (Å²) in [6.45, 7) is 0. The van der Waals surface area contributed by atoms with Crippen LogP contribution in [0.2, 0.25) is 0 Å². The van der Waals surface area contributed by atoms with E-state index in [1.54, 1.807) is 6.07 Å². The number of halogens is 2. The molecule has 0 aromatic carbocycles. The molecule has 0 saturated heterocycles. The third-order valence-corrected chi connectivity index (χ3v) is 3.74. The predicted octanol–water partition coefficient (Wildman–Crippen LogP) is 4.12. The molecule has 1 heterocycles. The third-order valence-electron chi connectivity index (χ3n) is 2.42. The zero-order valence-electron chi connectivity index (χ0n) is 9.18. The Balaban J connectivity index is 1.94. The average molecular weight is 282 g/mol. The second-order valence-corrected chi connectivity index (χ2v) is 6.09. The number of hydrogen-bond acceptors (Lipinski definition) is 2. The van der Waals surface area contributed by atoms with Crippen molar-refractivity contribution in [2.45, 2.75) is 49.8 Å². The molecule has 0 aliphatic heterocycles. The highest BCUT2D eigenvalue weighted by atomic mass is 35.5. The van der Waals surface area contributed by atoms with E-state index in [1.807, 2.05) is 0 Å². The molecule has 0 aliphatic rings. The lowest BCUT2D eigenvalue weighted by molar-refractivity contribution is 0.605. The molecule has 1 N–H and O–H groups in total. The highest BCUT2D eigenvalue weighted by Gasteiger charge is 1.99. The molecule has 0 saturated carbocycles. The number of alkyl halides is 2. The quantitative estimate of drug-likeness (QED) is 0.564. The van der Waals surface area contributed by atoms with E-state index in [-0.39, 0.29) is 10.4 Å². The van der Waals surface area contributed by atoms with Gasteiger partial charge in [0.05, 0.1) is 0 Å². The summed E-state index contributed by atoms with van der Waals surface area (Å²) in [7, 11) is 0. The molecule has 2 nitrogen and oxygen atoms in total. The van der Waals surface area contributed by atoms with E-state index in [4.69, 9.17) is 23.2 Å². The first-order valence-corrected chi connectivity index (χ1v) is 7.33. The molecule has 5 heteroatoms. The van der Waals surface area contributed by atoms with Gasteiger partial charge in [-0.05, 0) is 19.3 Å². The van der Waals surface area contributed by atoms with Crippen molar-refractivity contribution in [1.29, 1.82) is 0 Å². The SMILES string of the molecule is O=c1cc(CCCCCCCC(Cl)Cl)s[nH]1. The fourth-order valence-corrected chi connectivity index (χ4v) is 2.58. The van der Waals surface area contributed by atoms with Gasteiger partial charge in [0.2, 0.25) is 0 Å². The van der Waals surface area contributed by atoms with Crippen LogP contribution in [0.3, 0.4) is 0 Å². The largest absolute Gasteiger partial charge is 0.278 e. The Labute approximate surface area is 110 Å². The van der Waals surface area contributed by atoms with Crippen molar-refractivity contribution in [1.82, 2.24) is 4.37 Å². The van der Waals surface area contributed by atoms with Crippen LogP contribution in [-0.4, -0.2) is 9.21 Å². The third kappa shape index (κ3) is 6.56. The number of nitrogens with one attached hydrogen (secondary N) is 1. The van der Waals surface area contributed by atoms with Gasteiger partial charge in [-0.15, -0.1) is 23.2 Å². The Morgan fingerprint density at radius 2 is 1.88 bits per heavy atom. The maximum absolute atomic E-state index is 10.9. The average Bonchev–Trinajstić information content (AvgIpc) is 2.62. The summed E-state index contributed by atoms with van der Waals surface area (Å²) in [6.07, 6.45) is 7.79. The van der Waals surface area contributed by atoms with Crippen molar-refractivity contribution in [2.24, 2.45) is 0 Å². The van der Waals surface area contributed by atoms with Crippen molar-refractivity contribution >= 4 is 34.7 Å². The highest BCUT2D eigenvalue weighted by molar-refractivity contribution is 7.05. The molecule has 0 aliphatic carbocycles. The first kappa shape index (κ1) is 14.1. The second kappa shape index (κ2) is 8.15. The zero-order chi connectivity index (χ0) is 11.8. The molecule has 0 radical (unpaired) electrons. The molecule has 92 valence electrons. The Morgan fingerprint density at radius 1 is 1.19 bits per heavy atom. The van der Waals surface area contributed by atoms with Crippen LogP contribution < -0.4 is 5.56 Å². The molecule has 0 bridgehead atoms. The predicted molar refractivity (Wildman–Crippen MR) is 71.8 cm³/mol.